The van der Waals surface area contributed by atoms with Crippen molar-refractivity contribution < 1.29 is 13.2 Å². The van der Waals surface area contributed by atoms with Crippen molar-refractivity contribution >= 4 is 64.5 Å². The maximum absolute atomic E-state index is 13.4. The zero-order chi connectivity index (χ0) is 23.1. The van der Waals surface area contributed by atoms with Crippen molar-refractivity contribution in [2.45, 2.75) is 35.9 Å². The van der Waals surface area contributed by atoms with Crippen molar-refractivity contribution in [3.8, 4) is 6.07 Å². The van der Waals surface area contributed by atoms with E-state index in [1.807, 2.05) is 23.5 Å². The SMILES string of the molecule is BC(B)(B)Nc1nc(Nc2cn(C(C)(C)C#N)nc2C(B)(B)B)ncc1C(F)(F)F. The average molecular weight is 410 g/mol. The molecule has 2 N–H and O–H groups in total. The zero-order valence-corrected chi connectivity index (χ0v) is 18.5. The van der Waals surface area contributed by atoms with Crippen LogP contribution in [0.4, 0.5) is 30.6 Å². The van der Waals surface area contributed by atoms with Gasteiger partial charge in [0.25, 0.3) is 0 Å². The summed E-state index contributed by atoms with van der Waals surface area (Å²) in [6.45, 7) is 3.44. The summed E-state index contributed by atoms with van der Waals surface area (Å²) < 4.78 is 41.7. The van der Waals surface area contributed by atoms with Gasteiger partial charge in [-0.1, -0.05) is 5.11 Å². The molecule has 0 radical (unpaired) electrons. The molecule has 2 aromatic rings. The molecule has 0 aromatic carbocycles. The summed E-state index contributed by atoms with van der Waals surface area (Å²) in [5, 5.41) is 18.7. The van der Waals surface area contributed by atoms with Gasteiger partial charge in [0.2, 0.25) is 5.95 Å². The summed E-state index contributed by atoms with van der Waals surface area (Å²) in [4.78, 5) is 7.94. The van der Waals surface area contributed by atoms with Gasteiger partial charge in [-0.25, -0.2) is 4.98 Å². The molecule has 2 heterocycles. The quantitative estimate of drug-likeness (QED) is 0.484. The molecule has 152 valence electrons. The number of aromatic nitrogens is 4. The molecule has 0 aliphatic carbocycles. The Morgan fingerprint density at radius 1 is 1.10 bits per heavy atom. The third-order valence-electron chi connectivity index (χ3n) is 4.11. The van der Waals surface area contributed by atoms with Gasteiger partial charge in [0.05, 0.1) is 47.2 Å². The Kier molecular flexibility index (Phi) is 6.09. The van der Waals surface area contributed by atoms with Crippen LogP contribution in [0.1, 0.15) is 25.1 Å². The summed E-state index contributed by atoms with van der Waals surface area (Å²) in [5.41, 5.74) is -0.688. The van der Waals surface area contributed by atoms with Crippen LogP contribution in [0.3, 0.4) is 0 Å². The van der Waals surface area contributed by atoms with E-state index in [1.54, 1.807) is 43.6 Å². The smallest absolute Gasteiger partial charge is 0.387 e. The Balaban J connectivity index is 2.55. The van der Waals surface area contributed by atoms with Crippen LogP contribution in [0.5, 0.6) is 0 Å². The van der Waals surface area contributed by atoms with Gasteiger partial charge >= 0.3 is 6.18 Å². The van der Waals surface area contributed by atoms with Crippen LogP contribution in [-0.2, 0) is 16.8 Å². The fourth-order valence-corrected chi connectivity index (χ4v) is 2.58. The molecule has 2 rings (SSSR count). The Morgan fingerprint density at radius 2 is 1.70 bits per heavy atom. The molecule has 0 bridgehead atoms. The molecule has 7 nitrogen and oxygen atoms in total. The van der Waals surface area contributed by atoms with Crippen LogP contribution in [0.25, 0.3) is 0 Å². The predicted octanol–water partition coefficient (Wildman–Crippen LogP) is -3.37. The molecule has 30 heavy (non-hydrogen) atoms. The lowest BCUT2D eigenvalue weighted by molar-refractivity contribution is -0.137. The number of alkyl halides is 3. The van der Waals surface area contributed by atoms with E-state index in [1.165, 1.54) is 4.68 Å². The van der Waals surface area contributed by atoms with Crippen LogP contribution in [0, 0.1) is 11.3 Å². The zero-order valence-electron chi connectivity index (χ0n) is 18.5. The molecule has 0 fully saturated rings. The predicted molar refractivity (Wildman–Crippen MR) is 127 cm³/mol. The lowest BCUT2D eigenvalue weighted by Crippen LogP contribution is -2.41. The van der Waals surface area contributed by atoms with Crippen molar-refractivity contribution in [1.29, 1.82) is 5.26 Å². The highest BCUT2D eigenvalue weighted by Gasteiger charge is 2.36. The molecule has 0 aliphatic heterocycles. The maximum Gasteiger partial charge on any atom is 0.421 e. The van der Waals surface area contributed by atoms with Gasteiger partial charge in [0, 0.05) is 6.20 Å². The first kappa shape index (κ1) is 23.8. The highest BCUT2D eigenvalue weighted by Crippen LogP contribution is 2.35. The van der Waals surface area contributed by atoms with Gasteiger partial charge in [-0.05, 0) is 19.1 Å². The molecule has 0 amide bonds. The highest BCUT2D eigenvalue weighted by molar-refractivity contribution is 6.60. The Bertz CT molecular complexity index is 972. The van der Waals surface area contributed by atoms with E-state index < -0.39 is 27.6 Å². The maximum atomic E-state index is 13.4. The second kappa shape index (κ2) is 7.67. The topological polar surface area (TPSA) is 91.5 Å². The van der Waals surface area contributed by atoms with Crippen LogP contribution in [0.15, 0.2) is 12.4 Å². The largest absolute Gasteiger partial charge is 0.421 e. The summed E-state index contributed by atoms with van der Waals surface area (Å²) >= 11 is 0. The minimum absolute atomic E-state index is 0.00503. The van der Waals surface area contributed by atoms with Crippen molar-refractivity contribution in [3.63, 3.8) is 0 Å². The summed E-state index contributed by atoms with van der Waals surface area (Å²) in [6, 6.07) is 2.18. The molecular weight excluding hydrogens is 388 g/mol. The molecule has 0 aliphatic rings. The van der Waals surface area contributed by atoms with E-state index in [4.69, 9.17) is 0 Å². The van der Waals surface area contributed by atoms with E-state index in [0.29, 0.717) is 11.4 Å². The molecule has 2 aromatic heterocycles. The highest BCUT2D eigenvalue weighted by atomic mass is 19.4. The van der Waals surface area contributed by atoms with Gasteiger partial charge in [-0.15, -0.1) is 0 Å². The monoisotopic (exact) mass is 411 g/mol. The fourth-order valence-electron chi connectivity index (χ4n) is 2.58. The van der Waals surface area contributed by atoms with Gasteiger partial charge in [0.15, 0.2) is 0 Å². The Labute approximate surface area is 179 Å². The summed E-state index contributed by atoms with van der Waals surface area (Å²) in [7, 11) is 11.1. The standard InChI is InChI=1S/C14H22B6F3N7/c1-11(2,5-24)30-4-7(8(29-30)12(15,16)17)26-10-25-3-6(13(21,22)23)9(27-10)28-14(18,19)20/h3-4H,15-20H2,1-2H3,(H2,25,26,27,28). The number of nitrogens with one attached hydrogen (secondary N) is 2. The first-order valence-electron chi connectivity index (χ1n) is 9.45. The normalized spacial score (nSPS) is 12.9. The van der Waals surface area contributed by atoms with Crippen LogP contribution >= 0.6 is 0 Å². The van der Waals surface area contributed by atoms with E-state index in [0.717, 1.165) is 6.20 Å². The van der Waals surface area contributed by atoms with E-state index in [9.17, 15) is 18.4 Å². The molecule has 0 spiro atoms. The van der Waals surface area contributed by atoms with Crippen molar-refractivity contribution in [1.82, 2.24) is 19.7 Å². The lowest BCUT2D eigenvalue weighted by atomic mass is 9.41. The number of halogens is 3. The summed E-state index contributed by atoms with van der Waals surface area (Å²) in [5.74, 6) is -0.316. The van der Waals surface area contributed by atoms with Crippen molar-refractivity contribution in [3.05, 3.63) is 23.7 Å². The summed E-state index contributed by atoms with van der Waals surface area (Å²) in [6.07, 6.45) is -2.20. The third kappa shape index (κ3) is 5.58. The van der Waals surface area contributed by atoms with Crippen LogP contribution in [0.2, 0.25) is 0 Å². The Morgan fingerprint density at radius 3 is 2.17 bits per heavy atom. The van der Waals surface area contributed by atoms with Crippen LogP contribution < -0.4 is 10.6 Å². The minimum atomic E-state index is -4.59. The number of hydrogen-bond acceptors (Lipinski definition) is 6. The van der Waals surface area contributed by atoms with Crippen molar-refractivity contribution in [2.75, 3.05) is 10.6 Å². The molecule has 0 atom stereocenters. The van der Waals surface area contributed by atoms with Gasteiger partial charge in [0.1, 0.15) is 40.5 Å². The first-order chi connectivity index (χ1) is 13.4. The van der Waals surface area contributed by atoms with Crippen molar-refractivity contribution in [2.24, 2.45) is 0 Å². The number of nitrogens with zero attached hydrogens (tertiary/aromatic N) is 5. The lowest BCUT2D eigenvalue weighted by Gasteiger charge is -2.24. The minimum Gasteiger partial charge on any atom is -0.387 e. The number of hydrogen-bond donors (Lipinski definition) is 2. The third-order valence-corrected chi connectivity index (χ3v) is 4.11. The molecular formula is C14H22B6F3N7. The van der Waals surface area contributed by atoms with Gasteiger partial charge in [-0.2, -0.15) is 28.5 Å². The first-order valence-corrected chi connectivity index (χ1v) is 9.45. The van der Waals surface area contributed by atoms with Gasteiger partial charge in [-0.3, -0.25) is 4.68 Å². The fraction of sp³-hybridized carbons (Fsp3) is 0.429. The number of rotatable bonds is 6. The molecule has 0 unspecified atom stereocenters. The molecule has 0 saturated carbocycles. The van der Waals surface area contributed by atoms with E-state index in [2.05, 4.69) is 31.8 Å². The van der Waals surface area contributed by atoms with Crippen LogP contribution in [-0.4, -0.2) is 72.1 Å². The van der Waals surface area contributed by atoms with E-state index in [-0.39, 0.29) is 11.8 Å². The van der Waals surface area contributed by atoms with E-state index >= 15 is 0 Å². The average Bonchev–Trinajstić information content (AvgIpc) is 2.97. The Hall–Kier alpha value is -2.44. The number of anilines is 3. The second-order valence-electron chi connectivity index (χ2n) is 9.71. The van der Waals surface area contributed by atoms with Gasteiger partial charge < -0.3 is 10.6 Å². The second-order valence-corrected chi connectivity index (χ2v) is 9.71. The molecule has 16 heteroatoms. The molecule has 0 saturated heterocycles. The number of nitriles is 1.